The molecule has 33 heavy (non-hydrogen) atoms. The van der Waals surface area contributed by atoms with Crippen LogP contribution in [0, 0.1) is 5.82 Å². The van der Waals surface area contributed by atoms with E-state index in [4.69, 9.17) is 4.74 Å². The van der Waals surface area contributed by atoms with Gasteiger partial charge in [-0.25, -0.2) is 22.9 Å². The molecule has 2 aromatic rings. The lowest BCUT2D eigenvalue weighted by Crippen LogP contribution is -2.43. The van der Waals surface area contributed by atoms with Gasteiger partial charge in [-0.05, 0) is 19.1 Å². The summed E-state index contributed by atoms with van der Waals surface area (Å²) in [5.74, 6) is -3.12. The van der Waals surface area contributed by atoms with Crippen LogP contribution in [0.4, 0.5) is 13.2 Å². The molecule has 0 amide bonds. The Morgan fingerprint density at radius 3 is 2.64 bits per heavy atom. The smallest absolute Gasteiger partial charge is 0.337 e. The van der Waals surface area contributed by atoms with E-state index in [0.717, 1.165) is 0 Å². The molecule has 4 rings (SSSR count). The average molecular weight is 483 g/mol. The number of benzene rings is 1. The SMILES string of the molecule is COC(=O)C1=C(CN2CC(F)(F)CC2CO)NC(c2nccs2)=NC1C.Fc1ccccc1. The van der Waals surface area contributed by atoms with Crippen molar-refractivity contribution in [3.8, 4) is 0 Å². The molecular formula is C22H25F3N4O3S. The summed E-state index contributed by atoms with van der Waals surface area (Å²) >= 11 is 1.38. The maximum atomic E-state index is 13.8. The maximum Gasteiger partial charge on any atom is 0.337 e. The van der Waals surface area contributed by atoms with Crippen LogP contribution in [0.2, 0.25) is 0 Å². The number of likely N-dealkylation sites (tertiary alicyclic amines) is 1. The number of carbonyl (C=O) groups excluding carboxylic acids is 1. The van der Waals surface area contributed by atoms with Crippen LogP contribution in [-0.4, -0.2) is 71.6 Å². The molecule has 0 saturated carbocycles. The van der Waals surface area contributed by atoms with Gasteiger partial charge in [0.25, 0.3) is 5.92 Å². The van der Waals surface area contributed by atoms with Gasteiger partial charge < -0.3 is 15.2 Å². The van der Waals surface area contributed by atoms with Crippen LogP contribution in [0.5, 0.6) is 0 Å². The highest BCUT2D eigenvalue weighted by Crippen LogP contribution is 2.33. The number of aliphatic hydroxyl groups excluding tert-OH is 1. The van der Waals surface area contributed by atoms with Crippen LogP contribution < -0.4 is 5.32 Å². The first-order valence-corrected chi connectivity index (χ1v) is 11.1. The summed E-state index contributed by atoms with van der Waals surface area (Å²) in [6.45, 7) is 0.943. The number of halogens is 3. The highest BCUT2D eigenvalue weighted by atomic mass is 32.1. The van der Waals surface area contributed by atoms with Crippen molar-refractivity contribution < 1.29 is 27.8 Å². The van der Waals surface area contributed by atoms with E-state index in [0.29, 0.717) is 22.1 Å². The number of alkyl halides is 2. The van der Waals surface area contributed by atoms with E-state index in [9.17, 15) is 23.1 Å². The van der Waals surface area contributed by atoms with Crippen LogP contribution in [0.1, 0.15) is 18.4 Å². The molecule has 1 aromatic heterocycles. The van der Waals surface area contributed by atoms with Crippen molar-refractivity contribution >= 4 is 23.1 Å². The molecule has 11 heteroatoms. The van der Waals surface area contributed by atoms with E-state index in [1.807, 2.05) is 0 Å². The van der Waals surface area contributed by atoms with Crippen molar-refractivity contribution in [2.45, 2.75) is 31.4 Å². The molecule has 0 aliphatic carbocycles. The minimum absolute atomic E-state index is 0.0555. The summed E-state index contributed by atoms with van der Waals surface area (Å²) in [6.07, 6.45) is 1.23. The van der Waals surface area contributed by atoms with E-state index < -0.39 is 36.9 Å². The monoisotopic (exact) mass is 482 g/mol. The van der Waals surface area contributed by atoms with Gasteiger partial charge in [0.15, 0.2) is 10.8 Å². The number of methoxy groups -OCH3 is 1. The van der Waals surface area contributed by atoms with Crippen LogP contribution in [-0.2, 0) is 9.53 Å². The summed E-state index contributed by atoms with van der Waals surface area (Å²) in [5.41, 5.74) is 0.736. The van der Waals surface area contributed by atoms with Crippen molar-refractivity contribution in [1.82, 2.24) is 15.2 Å². The van der Waals surface area contributed by atoms with Crippen molar-refractivity contribution in [2.24, 2.45) is 4.99 Å². The second-order valence-electron chi connectivity index (χ2n) is 7.60. The molecule has 0 radical (unpaired) electrons. The van der Waals surface area contributed by atoms with E-state index in [-0.39, 0.29) is 19.0 Å². The van der Waals surface area contributed by atoms with Gasteiger partial charge in [-0.1, -0.05) is 18.2 Å². The molecule has 2 aliphatic rings. The molecule has 7 nitrogen and oxygen atoms in total. The minimum atomic E-state index is -2.87. The zero-order chi connectivity index (χ0) is 24.0. The Bertz CT molecular complexity index is 1000. The number of carbonyl (C=O) groups is 1. The van der Waals surface area contributed by atoms with Gasteiger partial charge >= 0.3 is 5.97 Å². The molecule has 2 unspecified atom stereocenters. The second-order valence-corrected chi connectivity index (χ2v) is 8.49. The van der Waals surface area contributed by atoms with Gasteiger partial charge in [-0.15, -0.1) is 11.3 Å². The van der Waals surface area contributed by atoms with Crippen LogP contribution >= 0.6 is 11.3 Å². The largest absolute Gasteiger partial charge is 0.466 e. The number of amidine groups is 1. The number of hydrogen-bond donors (Lipinski definition) is 2. The predicted molar refractivity (Wildman–Crippen MR) is 119 cm³/mol. The highest BCUT2D eigenvalue weighted by Gasteiger charge is 2.45. The second kappa shape index (κ2) is 10.9. The van der Waals surface area contributed by atoms with Gasteiger partial charge in [-0.3, -0.25) is 9.89 Å². The van der Waals surface area contributed by atoms with E-state index in [1.54, 1.807) is 36.7 Å². The number of esters is 1. The number of hydrogen-bond acceptors (Lipinski definition) is 8. The summed E-state index contributed by atoms with van der Waals surface area (Å²) in [7, 11) is 1.26. The van der Waals surface area contributed by atoms with Crippen LogP contribution in [0.3, 0.4) is 0 Å². The fourth-order valence-corrected chi connectivity index (χ4v) is 4.27. The van der Waals surface area contributed by atoms with Gasteiger partial charge in [0.1, 0.15) is 5.82 Å². The number of thiazole rings is 1. The van der Waals surface area contributed by atoms with Crippen molar-refractivity contribution in [1.29, 1.82) is 0 Å². The molecule has 1 saturated heterocycles. The number of nitrogens with zero attached hydrogens (tertiary/aromatic N) is 3. The van der Waals surface area contributed by atoms with E-state index in [1.165, 1.54) is 35.5 Å². The van der Waals surface area contributed by atoms with Gasteiger partial charge in [-0.2, -0.15) is 0 Å². The Kier molecular flexibility index (Phi) is 8.22. The number of ether oxygens (including phenoxy) is 1. The Morgan fingerprint density at radius 1 is 1.36 bits per heavy atom. The zero-order valence-electron chi connectivity index (χ0n) is 18.2. The van der Waals surface area contributed by atoms with Gasteiger partial charge in [0, 0.05) is 36.3 Å². The number of aliphatic imine (C=N–C) groups is 1. The van der Waals surface area contributed by atoms with Gasteiger partial charge in [0.05, 0.1) is 31.9 Å². The summed E-state index contributed by atoms with van der Waals surface area (Å²) in [6, 6.07) is 6.76. The number of aromatic nitrogens is 1. The van der Waals surface area contributed by atoms with Gasteiger partial charge in [0.2, 0.25) is 0 Å². The Hall–Kier alpha value is -2.76. The average Bonchev–Trinajstić information content (AvgIpc) is 3.41. The fourth-order valence-electron chi connectivity index (χ4n) is 3.68. The Labute approximate surface area is 193 Å². The zero-order valence-corrected chi connectivity index (χ0v) is 19.0. The molecule has 2 aliphatic heterocycles. The number of rotatable bonds is 5. The first-order chi connectivity index (χ1) is 15.7. The van der Waals surface area contributed by atoms with Crippen molar-refractivity contribution in [2.75, 3.05) is 26.8 Å². The maximum absolute atomic E-state index is 13.8. The lowest BCUT2D eigenvalue weighted by Gasteiger charge is -2.29. The molecule has 178 valence electrons. The molecule has 3 heterocycles. The topological polar surface area (TPSA) is 87.0 Å². The molecule has 2 N–H and O–H groups in total. The third-order valence-corrected chi connectivity index (χ3v) is 5.95. The fraction of sp³-hybridized carbons (Fsp3) is 0.409. The molecule has 1 fully saturated rings. The molecule has 1 aromatic carbocycles. The van der Waals surface area contributed by atoms with E-state index >= 15 is 0 Å². The summed E-state index contributed by atoms with van der Waals surface area (Å²) < 4.78 is 44.3. The summed E-state index contributed by atoms with van der Waals surface area (Å²) in [5, 5.41) is 14.9. The van der Waals surface area contributed by atoms with E-state index in [2.05, 4.69) is 15.3 Å². The lowest BCUT2D eigenvalue weighted by atomic mass is 10.0. The molecule has 0 bridgehead atoms. The third kappa shape index (κ3) is 6.40. The molecular weight excluding hydrogens is 457 g/mol. The quantitative estimate of drug-likeness (QED) is 0.638. The number of nitrogens with one attached hydrogen (secondary N) is 1. The lowest BCUT2D eigenvalue weighted by molar-refractivity contribution is -0.136. The number of aliphatic hydroxyl groups is 1. The third-order valence-electron chi connectivity index (χ3n) is 5.17. The molecule has 0 spiro atoms. The predicted octanol–water partition coefficient (Wildman–Crippen LogP) is 2.84. The van der Waals surface area contributed by atoms with Crippen LogP contribution in [0.15, 0.2) is 58.2 Å². The Morgan fingerprint density at radius 2 is 2.09 bits per heavy atom. The minimum Gasteiger partial charge on any atom is -0.466 e. The summed E-state index contributed by atoms with van der Waals surface area (Å²) in [4.78, 5) is 22.3. The highest BCUT2D eigenvalue weighted by molar-refractivity contribution is 7.11. The molecule has 2 atom stereocenters. The Balaban J connectivity index is 0.000000374. The standard InChI is InChI=1S/C16H20F2N4O3S.C6H5F/c1-9-12(15(24)25-2)11(21-13(20-9)14-19-3-4-26-14)6-22-8-16(17,18)5-10(22)7-23;7-6-4-2-1-3-5-6/h3-4,9-10,23H,5-8H2,1-2H3,(H,20,21);1-5H. The first kappa shape index (κ1) is 24.9. The van der Waals surface area contributed by atoms with Crippen molar-refractivity contribution in [3.05, 3.63) is 64.0 Å². The first-order valence-electron chi connectivity index (χ1n) is 10.2. The normalized spacial score (nSPS) is 22.2. The van der Waals surface area contributed by atoms with Crippen molar-refractivity contribution in [3.63, 3.8) is 0 Å². The van der Waals surface area contributed by atoms with Crippen LogP contribution in [0.25, 0.3) is 0 Å².